The Hall–Kier alpha value is -3.14. The first kappa shape index (κ1) is 23.0. The van der Waals surface area contributed by atoms with E-state index in [2.05, 4.69) is 15.3 Å². The highest BCUT2D eigenvalue weighted by atomic mass is 16.6. The Morgan fingerprint density at radius 2 is 1.76 bits per heavy atom. The van der Waals surface area contributed by atoms with Crippen LogP contribution in [0.15, 0.2) is 18.2 Å². The van der Waals surface area contributed by atoms with E-state index in [9.17, 15) is 14.4 Å². The number of primary amides is 1. The molecule has 3 heterocycles. The summed E-state index contributed by atoms with van der Waals surface area (Å²) in [5, 5.41) is 3.65. The number of benzene rings is 1. The van der Waals surface area contributed by atoms with Gasteiger partial charge in [0.15, 0.2) is 5.82 Å². The van der Waals surface area contributed by atoms with E-state index in [0.29, 0.717) is 48.8 Å². The van der Waals surface area contributed by atoms with E-state index in [-0.39, 0.29) is 23.9 Å². The van der Waals surface area contributed by atoms with Gasteiger partial charge in [-0.15, -0.1) is 0 Å². The third-order valence-electron chi connectivity index (χ3n) is 6.07. The third-order valence-corrected chi connectivity index (χ3v) is 6.07. The summed E-state index contributed by atoms with van der Waals surface area (Å²) in [5.74, 6) is -0.551. The van der Waals surface area contributed by atoms with Crippen molar-refractivity contribution in [3.05, 3.63) is 29.6 Å². The van der Waals surface area contributed by atoms with Gasteiger partial charge in [-0.2, -0.15) is 0 Å². The highest BCUT2D eigenvalue weighted by Crippen LogP contribution is 2.21. The molecule has 1 aromatic carbocycles. The predicted molar refractivity (Wildman–Crippen MR) is 123 cm³/mol. The number of nitrogens with two attached hydrogens (primary N) is 1. The molecule has 10 heteroatoms. The fourth-order valence-electron chi connectivity index (χ4n) is 4.45. The van der Waals surface area contributed by atoms with Crippen LogP contribution in [0.4, 0.5) is 4.79 Å². The molecule has 3 amide bonds. The van der Waals surface area contributed by atoms with Gasteiger partial charge in [-0.1, -0.05) is 6.07 Å². The van der Waals surface area contributed by atoms with Crippen molar-refractivity contribution >= 4 is 28.9 Å². The van der Waals surface area contributed by atoms with Crippen molar-refractivity contribution in [2.24, 2.45) is 5.73 Å². The lowest BCUT2D eigenvalue weighted by Gasteiger charge is -2.34. The third kappa shape index (κ3) is 5.27. The fourth-order valence-corrected chi connectivity index (χ4v) is 4.45. The highest BCUT2D eigenvalue weighted by molar-refractivity contribution is 6.05. The van der Waals surface area contributed by atoms with E-state index in [4.69, 9.17) is 10.5 Å². The summed E-state index contributed by atoms with van der Waals surface area (Å²) in [6.45, 7) is 8.14. The van der Waals surface area contributed by atoms with E-state index in [1.165, 1.54) is 0 Å². The van der Waals surface area contributed by atoms with Crippen LogP contribution in [0.2, 0.25) is 0 Å². The molecule has 1 unspecified atom stereocenters. The number of para-hydroxylation sites is 1. The van der Waals surface area contributed by atoms with Crippen molar-refractivity contribution in [1.29, 1.82) is 0 Å². The molecule has 10 nitrogen and oxygen atoms in total. The number of hydrogen-bond acceptors (Lipinski definition) is 6. The number of ether oxygens (including phenoxy) is 1. The van der Waals surface area contributed by atoms with Crippen LogP contribution in [0.3, 0.4) is 0 Å². The van der Waals surface area contributed by atoms with Crippen LogP contribution in [0, 0.1) is 0 Å². The average molecular weight is 457 g/mol. The van der Waals surface area contributed by atoms with Gasteiger partial charge < -0.3 is 30.6 Å². The monoisotopic (exact) mass is 456 g/mol. The number of piperidine rings is 1. The molecule has 2 aromatic rings. The number of H-pyrrole nitrogens is 1. The number of rotatable bonds is 4. The second kappa shape index (κ2) is 9.01. The Morgan fingerprint density at radius 1 is 1.09 bits per heavy atom. The lowest BCUT2D eigenvalue weighted by molar-refractivity contribution is 0.0195. The van der Waals surface area contributed by atoms with Crippen molar-refractivity contribution in [2.45, 2.75) is 57.7 Å². The summed E-state index contributed by atoms with van der Waals surface area (Å²) in [6.07, 6.45) is 2.29. The van der Waals surface area contributed by atoms with Crippen LogP contribution in [-0.2, 0) is 4.74 Å². The van der Waals surface area contributed by atoms with Crippen molar-refractivity contribution < 1.29 is 19.1 Å². The lowest BCUT2D eigenvalue weighted by Crippen LogP contribution is -2.49. The van der Waals surface area contributed by atoms with Crippen LogP contribution in [-0.4, -0.2) is 81.5 Å². The summed E-state index contributed by atoms with van der Waals surface area (Å²) >= 11 is 0. The van der Waals surface area contributed by atoms with Crippen LogP contribution in [0.1, 0.15) is 61.0 Å². The maximum atomic E-state index is 13.0. The van der Waals surface area contributed by atoms with E-state index in [1.807, 2.05) is 20.8 Å². The molecule has 2 fully saturated rings. The number of carbonyl (C=O) groups excluding carboxylic acids is 3. The molecular formula is C23H32N6O4. The van der Waals surface area contributed by atoms with E-state index < -0.39 is 11.5 Å². The fraction of sp³-hybridized carbons (Fsp3) is 0.565. The largest absolute Gasteiger partial charge is 0.444 e. The zero-order valence-electron chi connectivity index (χ0n) is 19.4. The SMILES string of the molecule is CC(C)(C)OC(=O)N1CCC(NC2CCN(C(=O)c3nc4c(C(N)=O)cccc4[nH]3)C2)CC1. The zero-order chi connectivity index (χ0) is 23.8. The number of aromatic amines is 1. The molecule has 0 radical (unpaired) electrons. The van der Waals surface area contributed by atoms with E-state index in [1.54, 1.807) is 28.0 Å². The van der Waals surface area contributed by atoms with Crippen LogP contribution in [0.5, 0.6) is 0 Å². The van der Waals surface area contributed by atoms with Gasteiger partial charge in [0.25, 0.3) is 11.8 Å². The first-order valence-electron chi connectivity index (χ1n) is 11.4. The van der Waals surface area contributed by atoms with E-state index >= 15 is 0 Å². The van der Waals surface area contributed by atoms with Gasteiger partial charge in [0.05, 0.1) is 11.1 Å². The molecular weight excluding hydrogens is 424 g/mol. The number of fused-ring (bicyclic) bond motifs is 1. The van der Waals surface area contributed by atoms with Gasteiger partial charge in [-0.05, 0) is 52.2 Å². The summed E-state index contributed by atoms with van der Waals surface area (Å²) in [7, 11) is 0. The number of imidazole rings is 1. The standard InChI is InChI=1S/C23H32N6O4/c1-23(2,3)33-22(32)28-10-7-14(8-11-28)25-15-9-12-29(13-15)21(31)20-26-17-6-4-5-16(19(24)30)18(17)27-20/h4-6,14-15,25H,7-13H2,1-3H3,(H2,24,30)(H,26,27). The minimum absolute atomic E-state index is 0.189. The van der Waals surface area contributed by atoms with Gasteiger partial charge >= 0.3 is 6.09 Å². The van der Waals surface area contributed by atoms with Crippen molar-refractivity contribution in [3.63, 3.8) is 0 Å². The van der Waals surface area contributed by atoms with Gasteiger partial charge in [0.2, 0.25) is 0 Å². The number of nitrogens with zero attached hydrogens (tertiary/aromatic N) is 3. The minimum atomic E-state index is -0.575. The van der Waals surface area contributed by atoms with Crippen molar-refractivity contribution in [3.8, 4) is 0 Å². The van der Waals surface area contributed by atoms with Crippen LogP contribution >= 0.6 is 0 Å². The van der Waals surface area contributed by atoms with Gasteiger partial charge in [0.1, 0.15) is 11.1 Å². The molecule has 0 aliphatic carbocycles. The molecule has 1 atom stereocenters. The molecule has 0 spiro atoms. The molecule has 2 aliphatic rings. The first-order chi connectivity index (χ1) is 15.6. The predicted octanol–water partition coefficient (Wildman–Crippen LogP) is 1.87. The Bertz CT molecular complexity index is 1050. The van der Waals surface area contributed by atoms with Crippen LogP contribution in [0.25, 0.3) is 11.0 Å². The Labute approximate surface area is 192 Å². The highest BCUT2D eigenvalue weighted by Gasteiger charge is 2.32. The van der Waals surface area contributed by atoms with Crippen LogP contribution < -0.4 is 11.1 Å². The quantitative estimate of drug-likeness (QED) is 0.643. The van der Waals surface area contributed by atoms with Crippen molar-refractivity contribution in [1.82, 2.24) is 25.1 Å². The van der Waals surface area contributed by atoms with Gasteiger partial charge in [-0.3, -0.25) is 9.59 Å². The first-order valence-corrected chi connectivity index (χ1v) is 11.4. The second-order valence-electron chi connectivity index (χ2n) is 9.80. The van der Waals surface area contributed by atoms with E-state index in [0.717, 1.165) is 19.3 Å². The Morgan fingerprint density at radius 3 is 2.42 bits per heavy atom. The summed E-state index contributed by atoms with van der Waals surface area (Å²) in [6, 6.07) is 5.57. The molecule has 4 N–H and O–H groups in total. The molecule has 4 rings (SSSR count). The maximum Gasteiger partial charge on any atom is 0.410 e. The second-order valence-corrected chi connectivity index (χ2v) is 9.80. The Kier molecular flexibility index (Phi) is 6.29. The van der Waals surface area contributed by atoms with Gasteiger partial charge in [-0.25, -0.2) is 9.78 Å². The lowest BCUT2D eigenvalue weighted by atomic mass is 10.0. The molecule has 0 bridgehead atoms. The molecule has 178 valence electrons. The number of nitrogens with one attached hydrogen (secondary N) is 2. The molecule has 0 saturated carbocycles. The maximum absolute atomic E-state index is 13.0. The number of hydrogen-bond donors (Lipinski definition) is 3. The van der Waals surface area contributed by atoms with Crippen molar-refractivity contribution in [2.75, 3.05) is 26.2 Å². The van der Waals surface area contributed by atoms with Gasteiger partial charge in [0, 0.05) is 38.3 Å². The number of likely N-dealkylation sites (tertiary alicyclic amines) is 2. The number of aromatic nitrogens is 2. The summed E-state index contributed by atoms with van der Waals surface area (Å²) in [5.41, 5.74) is 6.25. The molecule has 2 aliphatic heterocycles. The average Bonchev–Trinajstić information content (AvgIpc) is 3.39. The number of carbonyl (C=O) groups is 3. The number of amides is 3. The smallest absolute Gasteiger partial charge is 0.410 e. The zero-order valence-corrected chi connectivity index (χ0v) is 19.4. The summed E-state index contributed by atoms with van der Waals surface area (Å²) < 4.78 is 5.46. The Balaban J connectivity index is 1.30. The molecule has 33 heavy (non-hydrogen) atoms. The molecule has 1 aromatic heterocycles. The normalized spacial score (nSPS) is 19.8. The summed E-state index contributed by atoms with van der Waals surface area (Å²) in [4.78, 5) is 47.8. The molecule has 2 saturated heterocycles. The topological polar surface area (TPSA) is 134 Å². The minimum Gasteiger partial charge on any atom is -0.444 e.